The third-order valence-electron chi connectivity index (χ3n) is 3.69. The Morgan fingerprint density at radius 1 is 1.15 bits per heavy atom. The Balaban J connectivity index is 1.32. The highest BCUT2D eigenvalue weighted by atomic mass is 35.5. The van der Waals surface area contributed by atoms with Crippen molar-refractivity contribution >= 4 is 35.2 Å². The summed E-state index contributed by atoms with van der Waals surface area (Å²) in [5, 5.41) is 3.35. The van der Waals surface area contributed by atoms with Crippen molar-refractivity contribution < 1.29 is 23.8 Å². The predicted molar refractivity (Wildman–Crippen MR) is 102 cm³/mol. The minimum atomic E-state index is -0.423. The molecule has 1 N–H and O–H groups in total. The molecular formula is C19H18ClNO5S. The van der Waals surface area contributed by atoms with Crippen LogP contribution in [-0.2, 0) is 20.9 Å². The first-order valence-corrected chi connectivity index (χ1v) is 9.66. The van der Waals surface area contributed by atoms with E-state index in [0.29, 0.717) is 28.8 Å². The average Bonchev–Trinajstić information content (AvgIpc) is 3.14. The molecule has 0 unspecified atom stereocenters. The standard InChI is InChI=1S/C19H18ClNO5S/c20-14-3-1-2-4-17(14)27-8-7-19(23)24-11-18(22)21-10-13-5-6-15-16(9-13)26-12-25-15/h1-6,9H,7-8,10-12H2,(H,21,22). The molecule has 142 valence electrons. The lowest BCUT2D eigenvalue weighted by Crippen LogP contribution is -2.28. The SMILES string of the molecule is O=C(COC(=O)CCSc1ccccc1Cl)NCc1ccc2c(c1)OCO2. The van der Waals surface area contributed by atoms with Crippen molar-refractivity contribution in [2.45, 2.75) is 17.9 Å². The number of ether oxygens (including phenoxy) is 3. The number of hydrogen-bond acceptors (Lipinski definition) is 6. The van der Waals surface area contributed by atoms with Gasteiger partial charge in [-0.05, 0) is 29.8 Å². The van der Waals surface area contributed by atoms with Crippen LogP contribution < -0.4 is 14.8 Å². The quantitative estimate of drug-likeness (QED) is 0.534. The Hall–Kier alpha value is -2.38. The number of amides is 1. The second-order valence-electron chi connectivity index (χ2n) is 5.65. The van der Waals surface area contributed by atoms with Gasteiger partial charge >= 0.3 is 5.97 Å². The zero-order valence-corrected chi connectivity index (χ0v) is 16.0. The first-order chi connectivity index (χ1) is 13.1. The number of hydrogen-bond donors (Lipinski definition) is 1. The second-order valence-corrected chi connectivity index (χ2v) is 7.20. The Labute approximate surface area is 166 Å². The molecule has 0 atom stereocenters. The van der Waals surface area contributed by atoms with Crippen molar-refractivity contribution in [1.82, 2.24) is 5.32 Å². The lowest BCUT2D eigenvalue weighted by molar-refractivity contribution is -0.148. The summed E-state index contributed by atoms with van der Waals surface area (Å²) in [5.41, 5.74) is 0.870. The molecule has 2 aromatic rings. The zero-order chi connectivity index (χ0) is 19.1. The van der Waals surface area contributed by atoms with E-state index in [1.54, 1.807) is 18.2 Å². The molecule has 2 aromatic carbocycles. The average molecular weight is 408 g/mol. The molecule has 27 heavy (non-hydrogen) atoms. The highest BCUT2D eigenvalue weighted by Crippen LogP contribution is 2.32. The van der Waals surface area contributed by atoms with E-state index < -0.39 is 5.97 Å². The second kappa shape index (κ2) is 9.53. The van der Waals surface area contributed by atoms with Gasteiger partial charge in [0.05, 0.1) is 11.4 Å². The molecule has 1 heterocycles. The van der Waals surface area contributed by atoms with Crippen molar-refractivity contribution in [1.29, 1.82) is 0 Å². The number of benzene rings is 2. The van der Waals surface area contributed by atoms with E-state index in [2.05, 4.69) is 5.32 Å². The van der Waals surface area contributed by atoms with Gasteiger partial charge in [0, 0.05) is 17.2 Å². The molecule has 0 aliphatic carbocycles. The number of carbonyl (C=O) groups is 2. The van der Waals surface area contributed by atoms with Crippen molar-refractivity contribution in [2.24, 2.45) is 0 Å². The van der Waals surface area contributed by atoms with Crippen LogP contribution in [0.25, 0.3) is 0 Å². The highest BCUT2D eigenvalue weighted by molar-refractivity contribution is 7.99. The van der Waals surface area contributed by atoms with E-state index >= 15 is 0 Å². The largest absolute Gasteiger partial charge is 0.456 e. The number of fused-ring (bicyclic) bond motifs is 1. The summed E-state index contributed by atoms with van der Waals surface area (Å²) < 4.78 is 15.5. The third-order valence-corrected chi connectivity index (χ3v) is 5.21. The van der Waals surface area contributed by atoms with Gasteiger partial charge in [-0.25, -0.2) is 0 Å². The van der Waals surface area contributed by atoms with Gasteiger partial charge in [-0.2, -0.15) is 0 Å². The van der Waals surface area contributed by atoms with E-state index in [0.717, 1.165) is 10.5 Å². The van der Waals surface area contributed by atoms with Gasteiger partial charge in [0.1, 0.15) is 0 Å². The molecule has 1 amide bonds. The Bertz CT molecular complexity index is 829. The fraction of sp³-hybridized carbons (Fsp3) is 0.263. The lowest BCUT2D eigenvalue weighted by atomic mass is 10.2. The van der Waals surface area contributed by atoms with Crippen LogP contribution in [-0.4, -0.2) is 31.0 Å². The van der Waals surface area contributed by atoms with Gasteiger partial charge < -0.3 is 19.5 Å². The topological polar surface area (TPSA) is 73.9 Å². The molecule has 0 radical (unpaired) electrons. The monoisotopic (exact) mass is 407 g/mol. The summed E-state index contributed by atoms with van der Waals surface area (Å²) in [6.45, 7) is 0.214. The molecule has 6 nitrogen and oxygen atoms in total. The van der Waals surface area contributed by atoms with Crippen LogP contribution in [0.5, 0.6) is 11.5 Å². The van der Waals surface area contributed by atoms with Gasteiger partial charge in [0.25, 0.3) is 5.91 Å². The van der Waals surface area contributed by atoms with Crippen LogP contribution >= 0.6 is 23.4 Å². The highest BCUT2D eigenvalue weighted by Gasteiger charge is 2.14. The number of rotatable bonds is 8. The van der Waals surface area contributed by atoms with Crippen LogP contribution in [0.4, 0.5) is 0 Å². The van der Waals surface area contributed by atoms with Crippen molar-refractivity contribution in [3.8, 4) is 11.5 Å². The van der Waals surface area contributed by atoms with Crippen LogP contribution in [0.15, 0.2) is 47.4 Å². The molecule has 0 bridgehead atoms. The molecule has 0 aromatic heterocycles. The first kappa shape index (κ1) is 19.4. The Morgan fingerprint density at radius 2 is 1.96 bits per heavy atom. The van der Waals surface area contributed by atoms with Gasteiger partial charge in [0.15, 0.2) is 18.1 Å². The van der Waals surface area contributed by atoms with Gasteiger partial charge in [-0.1, -0.05) is 29.8 Å². The molecule has 8 heteroatoms. The minimum Gasteiger partial charge on any atom is -0.456 e. The molecule has 1 aliphatic rings. The molecule has 0 spiro atoms. The summed E-state index contributed by atoms with van der Waals surface area (Å²) in [6.07, 6.45) is 0.200. The predicted octanol–water partition coefficient (Wildman–Crippen LogP) is 3.41. The van der Waals surface area contributed by atoms with Gasteiger partial charge in [0.2, 0.25) is 6.79 Å². The number of esters is 1. The van der Waals surface area contributed by atoms with Gasteiger partial charge in [-0.15, -0.1) is 11.8 Å². The molecule has 0 saturated heterocycles. The van der Waals surface area contributed by atoms with Crippen LogP contribution in [0, 0.1) is 0 Å². The number of thioether (sulfide) groups is 1. The fourth-order valence-corrected chi connectivity index (χ4v) is 3.50. The number of carbonyl (C=O) groups excluding carboxylic acids is 2. The maximum atomic E-state index is 11.8. The Morgan fingerprint density at radius 3 is 2.81 bits per heavy atom. The molecular weight excluding hydrogens is 390 g/mol. The van der Waals surface area contributed by atoms with Crippen molar-refractivity contribution in [2.75, 3.05) is 19.2 Å². The fourth-order valence-electron chi connectivity index (χ4n) is 2.33. The first-order valence-electron chi connectivity index (χ1n) is 8.30. The van der Waals surface area contributed by atoms with Crippen molar-refractivity contribution in [3.05, 3.63) is 53.1 Å². The summed E-state index contributed by atoms with van der Waals surface area (Å²) >= 11 is 7.53. The summed E-state index contributed by atoms with van der Waals surface area (Å²) in [4.78, 5) is 24.5. The number of halogens is 1. The normalized spacial score (nSPS) is 11.9. The molecule has 3 rings (SSSR count). The van der Waals surface area contributed by atoms with Crippen molar-refractivity contribution in [3.63, 3.8) is 0 Å². The minimum absolute atomic E-state index is 0.200. The molecule has 1 aliphatic heterocycles. The van der Waals surface area contributed by atoms with Gasteiger partial charge in [-0.3, -0.25) is 9.59 Å². The van der Waals surface area contributed by atoms with E-state index in [4.69, 9.17) is 25.8 Å². The smallest absolute Gasteiger partial charge is 0.307 e. The maximum Gasteiger partial charge on any atom is 0.307 e. The van der Waals surface area contributed by atoms with Crippen LogP contribution in [0.3, 0.4) is 0 Å². The Kier molecular flexibility index (Phi) is 6.84. The lowest BCUT2D eigenvalue weighted by Gasteiger charge is -2.08. The van der Waals surface area contributed by atoms with E-state index in [9.17, 15) is 9.59 Å². The zero-order valence-electron chi connectivity index (χ0n) is 14.4. The molecule has 0 fully saturated rings. The van der Waals surface area contributed by atoms with Crippen LogP contribution in [0.1, 0.15) is 12.0 Å². The number of nitrogens with one attached hydrogen (secondary N) is 1. The van der Waals surface area contributed by atoms with E-state index in [1.807, 2.05) is 24.3 Å². The maximum absolute atomic E-state index is 11.8. The summed E-state index contributed by atoms with van der Waals surface area (Å²) in [5.74, 6) is 1.09. The van der Waals surface area contributed by atoms with E-state index in [-0.39, 0.29) is 25.7 Å². The molecule has 0 saturated carbocycles. The van der Waals surface area contributed by atoms with Crippen LogP contribution in [0.2, 0.25) is 5.02 Å². The van der Waals surface area contributed by atoms with E-state index in [1.165, 1.54) is 11.8 Å². The third kappa shape index (κ3) is 5.80. The summed E-state index contributed by atoms with van der Waals surface area (Å²) in [7, 11) is 0. The summed E-state index contributed by atoms with van der Waals surface area (Å²) in [6, 6.07) is 12.9.